The third-order valence-electron chi connectivity index (χ3n) is 4.17. The van der Waals surface area contributed by atoms with Crippen molar-refractivity contribution in [2.24, 2.45) is 5.92 Å². The van der Waals surface area contributed by atoms with Crippen LogP contribution in [0.5, 0.6) is 0 Å². The van der Waals surface area contributed by atoms with Gasteiger partial charge in [0.1, 0.15) is 0 Å². The van der Waals surface area contributed by atoms with Crippen molar-refractivity contribution in [2.45, 2.75) is 32.2 Å². The lowest BCUT2D eigenvalue weighted by Gasteiger charge is -2.32. The molecule has 1 aliphatic rings. The Bertz CT molecular complexity index is 551. The average Bonchev–Trinajstić information content (AvgIpc) is 2.90. The molecule has 0 radical (unpaired) electrons. The predicted octanol–water partition coefficient (Wildman–Crippen LogP) is 3.85. The van der Waals surface area contributed by atoms with Crippen molar-refractivity contribution in [3.05, 3.63) is 35.2 Å². The molecule has 2 heterocycles. The molecule has 20 heavy (non-hydrogen) atoms. The molecule has 0 spiro atoms. The highest BCUT2D eigenvalue weighted by Gasteiger charge is 2.26. The fraction of sp³-hybridized carbons (Fsp3) is 0.529. The summed E-state index contributed by atoms with van der Waals surface area (Å²) in [5.74, 6) is 0.605. The summed E-state index contributed by atoms with van der Waals surface area (Å²) in [5.41, 5.74) is 1.49. The molecule has 0 bridgehead atoms. The number of fused-ring (bicyclic) bond motifs is 1. The highest BCUT2D eigenvalue weighted by atomic mass is 32.1. The first kappa shape index (κ1) is 14.1. The van der Waals surface area contributed by atoms with Crippen molar-refractivity contribution in [1.82, 2.24) is 5.32 Å². The molecule has 1 fully saturated rings. The van der Waals surface area contributed by atoms with Gasteiger partial charge in [0.05, 0.1) is 6.61 Å². The fourth-order valence-corrected chi connectivity index (χ4v) is 4.05. The Balaban J connectivity index is 1.74. The van der Waals surface area contributed by atoms with E-state index >= 15 is 0 Å². The van der Waals surface area contributed by atoms with Crippen molar-refractivity contribution in [3.8, 4) is 0 Å². The van der Waals surface area contributed by atoms with E-state index in [1.165, 1.54) is 22.1 Å². The van der Waals surface area contributed by atoms with Crippen molar-refractivity contribution >= 4 is 21.4 Å². The number of thiophene rings is 1. The minimum Gasteiger partial charge on any atom is -0.381 e. The zero-order valence-electron chi connectivity index (χ0n) is 12.1. The normalized spacial score (nSPS) is 23.2. The van der Waals surface area contributed by atoms with Crippen molar-refractivity contribution in [3.63, 3.8) is 0 Å². The SMILES string of the molecule is CCCNC1CCOCC1Cc1csc2ccccc12. The Morgan fingerprint density at radius 2 is 2.25 bits per heavy atom. The van der Waals surface area contributed by atoms with Crippen LogP contribution >= 0.6 is 11.3 Å². The minimum atomic E-state index is 0.605. The molecule has 108 valence electrons. The molecule has 0 aliphatic carbocycles. The summed E-state index contributed by atoms with van der Waals surface area (Å²) in [6, 6.07) is 9.34. The monoisotopic (exact) mass is 289 g/mol. The summed E-state index contributed by atoms with van der Waals surface area (Å²) in [5, 5.41) is 7.46. The van der Waals surface area contributed by atoms with Crippen LogP contribution in [0, 0.1) is 5.92 Å². The first-order valence-corrected chi connectivity index (χ1v) is 8.52. The molecule has 2 aromatic rings. The predicted molar refractivity (Wildman–Crippen MR) is 86.5 cm³/mol. The summed E-state index contributed by atoms with van der Waals surface area (Å²) in [6.07, 6.45) is 3.48. The Labute approximate surface area is 125 Å². The zero-order chi connectivity index (χ0) is 13.8. The fourth-order valence-electron chi connectivity index (χ4n) is 3.07. The van der Waals surface area contributed by atoms with Gasteiger partial charge in [-0.05, 0) is 48.2 Å². The average molecular weight is 289 g/mol. The second kappa shape index (κ2) is 6.70. The van der Waals surface area contributed by atoms with Crippen LogP contribution in [-0.4, -0.2) is 25.8 Å². The Morgan fingerprint density at radius 3 is 3.15 bits per heavy atom. The van der Waals surface area contributed by atoms with Crippen LogP contribution in [0.4, 0.5) is 0 Å². The Morgan fingerprint density at radius 1 is 1.35 bits per heavy atom. The van der Waals surface area contributed by atoms with E-state index in [0.717, 1.165) is 32.6 Å². The Hall–Kier alpha value is -0.900. The molecule has 0 saturated carbocycles. The van der Waals surface area contributed by atoms with Crippen molar-refractivity contribution in [1.29, 1.82) is 0 Å². The quantitative estimate of drug-likeness (QED) is 0.903. The van der Waals surface area contributed by atoms with Gasteiger partial charge in [0.2, 0.25) is 0 Å². The van der Waals surface area contributed by atoms with E-state index in [1.807, 2.05) is 11.3 Å². The summed E-state index contributed by atoms with van der Waals surface area (Å²) in [4.78, 5) is 0. The highest BCUT2D eigenvalue weighted by Crippen LogP contribution is 2.29. The molecular weight excluding hydrogens is 266 g/mol. The largest absolute Gasteiger partial charge is 0.381 e. The van der Waals surface area contributed by atoms with Crippen molar-refractivity contribution < 1.29 is 4.74 Å². The molecule has 1 N–H and O–H groups in total. The Kier molecular flexibility index (Phi) is 4.71. The summed E-state index contributed by atoms with van der Waals surface area (Å²) < 4.78 is 7.12. The first-order chi connectivity index (χ1) is 9.88. The van der Waals surface area contributed by atoms with Gasteiger partial charge in [-0.25, -0.2) is 0 Å². The molecule has 3 rings (SSSR count). The van der Waals surface area contributed by atoms with Gasteiger partial charge in [0.15, 0.2) is 0 Å². The summed E-state index contributed by atoms with van der Waals surface area (Å²) in [6.45, 7) is 5.15. The standard InChI is InChI=1S/C17H23NOS/c1-2-8-18-16-7-9-19-11-13(16)10-14-12-20-17-6-4-3-5-15(14)17/h3-6,12-13,16,18H,2,7-11H2,1H3. The first-order valence-electron chi connectivity index (χ1n) is 7.64. The molecular formula is C17H23NOS. The summed E-state index contributed by atoms with van der Waals surface area (Å²) >= 11 is 1.86. The third-order valence-corrected chi connectivity index (χ3v) is 5.19. The van der Waals surface area contributed by atoms with Gasteiger partial charge < -0.3 is 10.1 Å². The van der Waals surface area contributed by atoms with Gasteiger partial charge in [-0.15, -0.1) is 11.3 Å². The van der Waals surface area contributed by atoms with E-state index in [2.05, 4.69) is 41.9 Å². The lowest BCUT2D eigenvalue weighted by Crippen LogP contribution is -2.43. The van der Waals surface area contributed by atoms with Gasteiger partial charge in [0, 0.05) is 23.3 Å². The van der Waals surface area contributed by atoms with Crippen LogP contribution < -0.4 is 5.32 Å². The molecule has 2 unspecified atom stereocenters. The number of rotatable bonds is 5. The third kappa shape index (κ3) is 3.05. The maximum atomic E-state index is 5.72. The van der Waals surface area contributed by atoms with Crippen LogP contribution in [0.2, 0.25) is 0 Å². The highest BCUT2D eigenvalue weighted by molar-refractivity contribution is 7.17. The zero-order valence-corrected chi connectivity index (χ0v) is 12.9. The molecule has 1 aliphatic heterocycles. The van der Waals surface area contributed by atoms with Gasteiger partial charge in [-0.1, -0.05) is 25.1 Å². The smallest absolute Gasteiger partial charge is 0.0512 e. The van der Waals surface area contributed by atoms with Gasteiger partial charge in [-0.2, -0.15) is 0 Å². The van der Waals surface area contributed by atoms with E-state index in [9.17, 15) is 0 Å². The van der Waals surface area contributed by atoms with Crippen LogP contribution in [-0.2, 0) is 11.2 Å². The number of hydrogen-bond donors (Lipinski definition) is 1. The second-order valence-electron chi connectivity index (χ2n) is 5.65. The number of ether oxygens (including phenoxy) is 1. The van der Waals surface area contributed by atoms with E-state index in [1.54, 1.807) is 0 Å². The van der Waals surface area contributed by atoms with Gasteiger partial charge >= 0.3 is 0 Å². The van der Waals surface area contributed by atoms with Gasteiger partial charge in [-0.3, -0.25) is 0 Å². The molecule has 2 nitrogen and oxygen atoms in total. The van der Waals surface area contributed by atoms with Gasteiger partial charge in [0.25, 0.3) is 0 Å². The second-order valence-corrected chi connectivity index (χ2v) is 6.56. The van der Waals surface area contributed by atoms with E-state index in [0.29, 0.717) is 12.0 Å². The molecule has 1 saturated heterocycles. The maximum absolute atomic E-state index is 5.72. The molecule has 1 aromatic heterocycles. The number of benzene rings is 1. The molecule has 2 atom stereocenters. The minimum absolute atomic E-state index is 0.605. The van der Waals surface area contributed by atoms with E-state index < -0.39 is 0 Å². The topological polar surface area (TPSA) is 21.3 Å². The number of nitrogens with one attached hydrogen (secondary N) is 1. The van der Waals surface area contributed by atoms with Crippen LogP contribution in [0.3, 0.4) is 0 Å². The number of hydrogen-bond acceptors (Lipinski definition) is 3. The van der Waals surface area contributed by atoms with E-state index in [-0.39, 0.29) is 0 Å². The van der Waals surface area contributed by atoms with Crippen LogP contribution in [0.25, 0.3) is 10.1 Å². The maximum Gasteiger partial charge on any atom is 0.0512 e. The van der Waals surface area contributed by atoms with Crippen molar-refractivity contribution in [2.75, 3.05) is 19.8 Å². The lowest BCUT2D eigenvalue weighted by atomic mass is 9.89. The molecule has 0 amide bonds. The van der Waals surface area contributed by atoms with Crippen LogP contribution in [0.1, 0.15) is 25.3 Å². The molecule has 1 aromatic carbocycles. The summed E-state index contributed by atoms with van der Waals surface area (Å²) in [7, 11) is 0. The van der Waals surface area contributed by atoms with Crippen LogP contribution in [0.15, 0.2) is 29.6 Å². The lowest BCUT2D eigenvalue weighted by molar-refractivity contribution is 0.0324. The molecule has 3 heteroatoms. The van der Waals surface area contributed by atoms with E-state index in [4.69, 9.17) is 4.74 Å².